The fraction of sp³-hybridized carbons (Fsp3) is 0.250. The van der Waals surface area contributed by atoms with E-state index in [1.165, 1.54) is 0 Å². The molecule has 1 aromatic heterocycles. The second-order valence-electron chi connectivity index (χ2n) is 2.06. The van der Waals surface area contributed by atoms with Crippen molar-refractivity contribution in [3.63, 3.8) is 0 Å². The van der Waals surface area contributed by atoms with Crippen molar-refractivity contribution in [2.24, 2.45) is 0 Å². The molecule has 0 aliphatic heterocycles. The number of hydrogen-bond donors (Lipinski definition) is 0. The molecule has 0 aromatic carbocycles. The van der Waals surface area contributed by atoms with Gasteiger partial charge in [0.05, 0.1) is 6.61 Å². The minimum atomic E-state index is 0.606. The summed E-state index contributed by atoms with van der Waals surface area (Å²) in [5.41, 5.74) is 0.940. The molecule has 0 saturated carbocycles. The molecule has 0 N–H and O–H groups in total. The first kappa shape index (κ1) is 8.68. The molecule has 1 radical (unpaired) electrons. The highest BCUT2D eigenvalue weighted by atomic mass is 79.9. The first-order valence-corrected chi connectivity index (χ1v) is 4.06. The Hall–Kier alpha value is -0.410. The molecule has 0 aliphatic rings. The van der Waals surface area contributed by atoms with E-state index in [9.17, 15) is 0 Å². The number of rotatable bonds is 3. The fourth-order valence-electron chi connectivity index (χ4n) is 0.677. The van der Waals surface area contributed by atoms with E-state index in [0.29, 0.717) is 6.61 Å². The van der Waals surface area contributed by atoms with Gasteiger partial charge in [0.2, 0.25) is 0 Å². The Morgan fingerprint density at radius 1 is 1.64 bits per heavy atom. The van der Waals surface area contributed by atoms with Crippen LogP contribution in [0.2, 0.25) is 0 Å². The predicted molar refractivity (Wildman–Crippen MR) is 47.2 cm³/mol. The first-order valence-electron chi connectivity index (χ1n) is 3.26. The highest BCUT2D eigenvalue weighted by molar-refractivity contribution is 9.10. The van der Waals surface area contributed by atoms with E-state index in [1.54, 1.807) is 13.3 Å². The summed E-state index contributed by atoms with van der Waals surface area (Å²) in [5, 5.41) is 0. The zero-order chi connectivity index (χ0) is 8.10. The molecule has 0 fully saturated rings. The van der Waals surface area contributed by atoms with Gasteiger partial charge in [-0.25, -0.2) is 0 Å². The fourth-order valence-corrected chi connectivity index (χ4v) is 0.911. The average molecular weight is 215 g/mol. The molecule has 0 amide bonds. The second-order valence-corrected chi connectivity index (χ2v) is 2.98. The lowest BCUT2D eigenvalue weighted by Crippen LogP contribution is -1.93. The largest absolute Gasteiger partial charge is 0.384 e. The van der Waals surface area contributed by atoms with Crippen molar-refractivity contribution in [2.75, 3.05) is 13.7 Å². The van der Waals surface area contributed by atoms with Crippen LogP contribution >= 0.6 is 15.9 Å². The van der Waals surface area contributed by atoms with Gasteiger partial charge in [-0.05, 0) is 28.1 Å². The Morgan fingerprint density at radius 2 is 2.45 bits per heavy atom. The van der Waals surface area contributed by atoms with Crippen molar-refractivity contribution < 1.29 is 4.74 Å². The summed E-state index contributed by atoms with van der Waals surface area (Å²) in [5.74, 6) is 0. The number of aromatic nitrogens is 1. The lowest BCUT2D eigenvalue weighted by Gasteiger charge is -1.97. The molecular weight excluding hydrogens is 206 g/mol. The van der Waals surface area contributed by atoms with Crippen molar-refractivity contribution in [2.45, 2.75) is 0 Å². The van der Waals surface area contributed by atoms with Crippen molar-refractivity contribution in [3.8, 4) is 0 Å². The maximum atomic E-state index is 4.87. The minimum Gasteiger partial charge on any atom is -0.384 e. The lowest BCUT2D eigenvalue weighted by molar-refractivity contribution is 0.225. The highest BCUT2D eigenvalue weighted by Gasteiger charge is 1.93. The van der Waals surface area contributed by atoms with Gasteiger partial charge >= 0.3 is 0 Å². The molecule has 0 aliphatic carbocycles. The lowest BCUT2D eigenvalue weighted by atomic mass is 10.3. The van der Waals surface area contributed by atoms with Crippen LogP contribution in [0.1, 0.15) is 5.69 Å². The number of halogens is 1. The second kappa shape index (κ2) is 4.46. The number of pyridine rings is 1. The predicted octanol–water partition coefficient (Wildman–Crippen LogP) is 2.04. The maximum Gasteiger partial charge on any atom is 0.0553 e. The van der Waals surface area contributed by atoms with Crippen LogP contribution in [0, 0.1) is 6.42 Å². The van der Waals surface area contributed by atoms with Gasteiger partial charge in [0, 0.05) is 29.9 Å². The van der Waals surface area contributed by atoms with Crippen LogP contribution in [0.4, 0.5) is 0 Å². The van der Waals surface area contributed by atoms with Crippen LogP contribution in [0.25, 0.3) is 0 Å². The molecule has 1 aromatic rings. The maximum absolute atomic E-state index is 4.87. The van der Waals surface area contributed by atoms with E-state index < -0.39 is 0 Å². The Bertz CT molecular complexity index is 210. The summed E-state index contributed by atoms with van der Waals surface area (Å²) in [6, 6.07) is 3.89. The molecule has 2 nitrogen and oxygen atoms in total. The van der Waals surface area contributed by atoms with E-state index in [0.717, 1.165) is 10.2 Å². The van der Waals surface area contributed by atoms with E-state index >= 15 is 0 Å². The topological polar surface area (TPSA) is 22.1 Å². The summed E-state index contributed by atoms with van der Waals surface area (Å²) >= 11 is 3.31. The minimum absolute atomic E-state index is 0.606. The standard InChI is InChI=1S/C8H9BrNO/c1-11-5-4-8-3-2-7(9)6-10-8/h2-4,6H,5H2,1H3. The van der Waals surface area contributed by atoms with Crippen LogP contribution < -0.4 is 0 Å². The van der Waals surface area contributed by atoms with Crippen LogP contribution in [0.5, 0.6) is 0 Å². The van der Waals surface area contributed by atoms with Gasteiger partial charge in [0.15, 0.2) is 0 Å². The highest BCUT2D eigenvalue weighted by Crippen LogP contribution is 2.08. The number of nitrogens with zero attached hydrogens (tertiary/aromatic N) is 1. The molecule has 0 atom stereocenters. The van der Waals surface area contributed by atoms with E-state index in [2.05, 4.69) is 20.9 Å². The van der Waals surface area contributed by atoms with Crippen molar-refractivity contribution >= 4 is 15.9 Å². The third-order valence-corrected chi connectivity index (χ3v) is 1.68. The molecule has 1 rings (SSSR count). The van der Waals surface area contributed by atoms with Crippen molar-refractivity contribution in [1.82, 2.24) is 4.98 Å². The monoisotopic (exact) mass is 214 g/mol. The van der Waals surface area contributed by atoms with E-state index in [-0.39, 0.29) is 0 Å². The van der Waals surface area contributed by atoms with E-state index in [1.807, 2.05) is 18.6 Å². The molecule has 0 saturated heterocycles. The Labute approximate surface area is 74.7 Å². The number of methoxy groups -OCH3 is 1. The quantitative estimate of drug-likeness (QED) is 0.769. The zero-order valence-corrected chi connectivity index (χ0v) is 7.84. The van der Waals surface area contributed by atoms with Crippen LogP contribution in [0.3, 0.4) is 0 Å². The summed E-state index contributed by atoms with van der Waals surface area (Å²) in [4.78, 5) is 4.13. The van der Waals surface area contributed by atoms with Gasteiger partial charge in [-0.15, -0.1) is 0 Å². The Morgan fingerprint density at radius 3 is 3.00 bits per heavy atom. The Balaban J connectivity index is 2.52. The van der Waals surface area contributed by atoms with Crippen LogP contribution in [-0.4, -0.2) is 18.7 Å². The van der Waals surface area contributed by atoms with Gasteiger partial charge in [-0.3, -0.25) is 4.98 Å². The molecule has 1 heterocycles. The summed E-state index contributed by atoms with van der Waals surface area (Å²) < 4.78 is 5.86. The molecule has 59 valence electrons. The third-order valence-electron chi connectivity index (χ3n) is 1.21. The third kappa shape index (κ3) is 2.99. The van der Waals surface area contributed by atoms with Gasteiger partial charge < -0.3 is 4.74 Å². The first-order chi connectivity index (χ1) is 5.33. The van der Waals surface area contributed by atoms with Crippen LogP contribution in [-0.2, 0) is 4.74 Å². The van der Waals surface area contributed by atoms with Gasteiger partial charge in [0.25, 0.3) is 0 Å². The summed E-state index contributed by atoms with van der Waals surface area (Å²) in [7, 11) is 1.66. The molecular formula is C8H9BrNO. The van der Waals surface area contributed by atoms with Crippen molar-refractivity contribution in [1.29, 1.82) is 0 Å². The van der Waals surface area contributed by atoms with E-state index in [4.69, 9.17) is 4.74 Å². The smallest absolute Gasteiger partial charge is 0.0553 e. The zero-order valence-electron chi connectivity index (χ0n) is 6.25. The summed E-state index contributed by atoms with van der Waals surface area (Å²) in [6.07, 6.45) is 3.69. The van der Waals surface area contributed by atoms with Gasteiger partial charge in [-0.2, -0.15) is 0 Å². The average Bonchev–Trinajstić information content (AvgIpc) is 2.04. The number of ether oxygens (including phenoxy) is 1. The van der Waals surface area contributed by atoms with Gasteiger partial charge in [-0.1, -0.05) is 0 Å². The summed E-state index contributed by atoms with van der Waals surface area (Å²) in [6.45, 7) is 0.606. The number of hydrogen-bond acceptors (Lipinski definition) is 2. The molecule has 3 heteroatoms. The van der Waals surface area contributed by atoms with Crippen molar-refractivity contribution in [3.05, 3.63) is 34.9 Å². The molecule has 0 unspecified atom stereocenters. The van der Waals surface area contributed by atoms with Gasteiger partial charge in [0.1, 0.15) is 0 Å². The Kier molecular flexibility index (Phi) is 3.52. The normalized spacial score (nSPS) is 10.0. The molecule has 11 heavy (non-hydrogen) atoms. The van der Waals surface area contributed by atoms with Crippen LogP contribution in [0.15, 0.2) is 22.8 Å². The SMILES string of the molecule is COC[CH]c1ccc(Br)cn1. The molecule has 0 spiro atoms. The molecule has 0 bridgehead atoms.